The van der Waals surface area contributed by atoms with Gasteiger partial charge in [-0.05, 0) is 60.0 Å². The monoisotopic (exact) mass is 607 g/mol. The number of benzene rings is 6. The van der Waals surface area contributed by atoms with Gasteiger partial charge < -0.3 is 18.6 Å². The number of hydrogen-bond acceptors (Lipinski definition) is 4. The number of fused-ring (bicyclic) bond motifs is 6. The Kier molecular flexibility index (Phi) is 6.33. The van der Waals surface area contributed by atoms with Gasteiger partial charge in [0.2, 0.25) is 0 Å². The van der Waals surface area contributed by atoms with E-state index in [9.17, 15) is 0 Å². The van der Waals surface area contributed by atoms with Crippen molar-refractivity contribution in [3.05, 3.63) is 133 Å². The second kappa shape index (κ2) is 10.4. The van der Waals surface area contributed by atoms with E-state index >= 15 is 4.57 Å². The van der Waals surface area contributed by atoms with Crippen LogP contribution in [0.25, 0.3) is 49.7 Å². The molecule has 1 aromatic heterocycles. The van der Waals surface area contributed by atoms with Gasteiger partial charge in [0.25, 0.3) is 0 Å². The van der Waals surface area contributed by atoms with Gasteiger partial charge in [-0.25, -0.2) is 0 Å². The fourth-order valence-corrected chi connectivity index (χ4v) is 9.03. The Hall–Kier alpha value is -5.25. The highest BCUT2D eigenvalue weighted by Crippen LogP contribution is 2.57. The third kappa shape index (κ3) is 4.12. The summed E-state index contributed by atoms with van der Waals surface area (Å²) in [6.07, 6.45) is 0. The van der Waals surface area contributed by atoms with Crippen LogP contribution in [0.4, 0.5) is 0 Å². The maximum absolute atomic E-state index is 15.5. The molecule has 6 heteroatoms. The molecule has 45 heavy (non-hydrogen) atoms. The number of aromatic nitrogens is 1. The summed E-state index contributed by atoms with van der Waals surface area (Å²) in [5.74, 6) is 1.66. The molecule has 0 saturated carbocycles. The predicted molar refractivity (Wildman–Crippen MR) is 183 cm³/mol. The van der Waals surface area contributed by atoms with Crippen LogP contribution in [0.1, 0.15) is 5.56 Å². The molecule has 1 unspecified atom stereocenters. The summed E-state index contributed by atoms with van der Waals surface area (Å²) in [7, 11) is -0.433. The van der Waals surface area contributed by atoms with E-state index in [-0.39, 0.29) is 0 Å². The summed E-state index contributed by atoms with van der Waals surface area (Å²) in [6.45, 7) is 2.09. The summed E-state index contributed by atoms with van der Waals surface area (Å²) in [5, 5.41) is 2.87. The second-order valence-corrected chi connectivity index (χ2v) is 13.5. The van der Waals surface area contributed by atoms with Crippen molar-refractivity contribution in [1.29, 1.82) is 0 Å². The van der Waals surface area contributed by atoms with Gasteiger partial charge in [0.1, 0.15) is 22.8 Å². The van der Waals surface area contributed by atoms with Crippen LogP contribution >= 0.6 is 7.37 Å². The fraction of sp³-hybridized carbons (Fsp3) is 0.0769. The molecule has 0 N–H and O–H groups in total. The average Bonchev–Trinajstić information content (AvgIpc) is 3.43. The molecule has 0 spiro atoms. The van der Waals surface area contributed by atoms with Crippen molar-refractivity contribution in [2.45, 2.75) is 6.92 Å². The quantitative estimate of drug-likeness (QED) is 0.183. The van der Waals surface area contributed by atoms with E-state index in [4.69, 9.17) is 14.0 Å². The molecule has 7 aromatic rings. The fourth-order valence-electron chi connectivity index (χ4n) is 6.59. The minimum Gasteiger partial charge on any atom is -0.495 e. The van der Waals surface area contributed by atoms with E-state index < -0.39 is 7.37 Å². The van der Waals surface area contributed by atoms with E-state index in [0.717, 1.165) is 49.7 Å². The predicted octanol–water partition coefficient (Wildman–Crippen LogP) is 9.06. The highest BCUT2D eigenvalue weighted by Gasteiger charge is 2.42. The lowest BCUT2D eigenvalue weighted by Crippen LogP contribution is -2.26. The van der Waals surface area contributed by atoms with Crippen LogP contribution in [0.15, 0.2) is 127 Å². The zero-order valence-corrected chi connectivity index (χ0v) is 26.0. The number of aryl methyl sites for hydroxylation is 1. The molecule has 0 fully saturated rings. The van der Waals surface area contributed by atoms with Crippen LogP contribution in [0, 0.1) is 6.92 Å². The van der Waals surface area contributed by atoms with Crippen LogP contribution in [-0.2, 0) is 4.57 Å². The first-order valence-corrected chi connectivity index (χ1v) is 16.5. The number of methoxy groups -OCH3 is 2. The maximum atomic E-state index is 15.5. The molecule has 0 aliphatic carbocycles. The minimum atomic E-state index is -3.72. The van der Waals surface area contributed by atoms with Gasteiger partial charge in [-0.2, -0.15) is 0 Å². The molecule has 0 saturated heterocycles. The molecule has 2 heterocycles. The van der Waals surface area contributed by atoms with Gasteiger partial charge in [-0.3, -0.25) is 4.57 Å². The lowest BCUT2D eigenvalue weighted by molar-refractivity contribution is 0.411. The van der Waals surface area contributed by atoms with E-state index in [0.29, 0.717) is 27.9 Å². The third-order valence-corrected chi connectivity index (χ3v) is 11.1. The smallest absolute Gasteiger partial charge is 0.311 e. The molecule has 6 aromatic carbocycles. The van der Waals surface area contributed by atoms with Gasteiger partial charge in [-0.1, -0.05) is 90.5 Å². The van der Waals surface area contributed by atoms with Crippen molar-refractivity contribution >= 4 is 39.8 Å². The number of nitrogens with zero attached hydrogens (tertiary/aromatic N) is 1. The Morgan fingerprint density at radius 2 is 1.36 bits per heavy atom. The molecule has 1 aliphatic heterocycles. The molecule has 1 aliphatic rings. The largest absolute Gasteiger partial charge is 0.495 e. The van der Waals surface area contributed by atoms with Crippen molar-refractivity contribution in [3.63, 3.8) is 0 Å². The SMILES string of the molecule is COc1c(P2(=O)Oc3ccccc3-c3ccccc32)cc(OC)c2c1c1cc(-c3ccc(C)cc3)ccc1n2-c1ccccc1. The normalized spacial score (nSPS) is 15.4. The Morgan fingerprint density at radius 1 is 0.667 bits per heavy atom. The molecule has 0 bridgehead atoms. The summed E-state index contributed by atoms with van der Waals surface area (Å²) in [6, 6.07) is 42.5. The lowest BCUT2D eigenvalue weighted by Gasteiger charge is -2.30. The van der Waals surface area contributed by atoms with Gasteiger partial charge in [-0.15, -0.1) is 0 Å². The number of rotatable bonds is 5. The molecule has 220 valence electrons. The third-order valence-electron chi connectivity index (χ3n) is 8.69. The molecular formula is C39H30NO4P. The Balaban J connectivity index is 1.50. The molecule has 0 amide bonds. The highest BCUT2D eigenvalue weighted by molar-refractivity contribution is 7.75. The highest BCUT2D eigenvalue weighted by atomic mass is 31.2. The zero-order valence-electron chi connectivity index (χ0n) is 25.2. The first kappa shape index (κ1) is 27.3. The van der Waals surface area contributed by atoms with Crippen LogP contribution < -0.4 is 24.6 Å². The molecule has 1 atom stereocenters. The Bertz CT molecular complexity index is 2310. The summed E-state index contributed by atoms with van der Waals surface area (Å²) in [4.78, 5) is 0. The number of para-hydroxylation sites is 2. The maximum Gasteiger partial charge on any atom is 0.311 e. The van der Waals surface area contributed by atoms with E-state index in [1.165, 1.54) is 5.56 Å². The van der Waals surface area contributed by atoms with E-state index in [1.54, 1.807) is 14.2 Å². The first-order chi connectivity index (χ1) is 22.0. The lowest BCUT2D eigenvalue weighted by atomic mass is 10.0. The number of hydrogen-bond donors (Lipinski definition) is 0. The minimum absolute atomic E-state index is 0.462. The molecule has 8 rings (SSSR count). The summed E-state index contributed by atoms with van der Waals surface area (Å²) < 4.78 is 36.6. The van der Waals surface area contributed by atoms with Crippen molar-refractivity contribution < 1.29 is 18.6 Å². The zero-order chi connectivity index (χ0) is 30.7. The van der Waals surface area contributed by atoms with Gasteiger partial charge >= 0.3 is 7.37 Å². The Morgan fingerprint density at radius 3 is 2.11 bits per heavy atom. The topological polar surface area (TPSA) is 49.7 Å². The van der Waals surface area contributed by atoms with Crippen molar-refractivity contribution in [1.82, 2.24) is 4.57 Å². The summed E-state index contributed by atoms with van der Waals surface area (Å²) >= 11 is 0. The van der Waals surface area contributed by atoms with Crippen LogP contribution in [0.3, 0.4) is 0 Å². The van der Waals surface area contributed by atoms with Crippen LogP contribution in [-0.4, -0.2) is 18.8 Å². The summed E-state index contributed by atoms with van der Waals surface area (Å²) in [5.41, 5.74) is 7.98. The number of ether oxygens (including phenoxy) is 2. The van der Waals surface area contributed by atoms with E-state index in [1.807, 2.05) is 72.8 Å². The average molecular weight is 608 g/mol. The Labute approximate surface area is 261 Å². The van der Waals surface area contributed by atoms with Crippen molar-refractivity contribution in [2.24, 2.45) is 0 Å². The van der Waals surface area contributed by atoms with Gasteiger partial charge in [0, 0.05) is 22.7 Å². The standard InChI is InChI=1S/C39H30NO4P/c1-25-17-19-26(20-18-25)27-21-22-32-31(23-27)37-38(40(32)28-11-5-4-6-12-28)34(42-2)24-36(39(37)43-3)45(41)35-16-10-8-14-30(35)29-13-7-9-15-33(29)44-45/h4-24H,1-3H3. The van der Waals surface area contributed by atoms with Crippen molar-refractivity contribution in [3.8, 4) is 45.2 Å². The first-order valence-electron chi connectivity index (χ1n) is 14.9. The molecular weight excluding hydrogens is 577 g/mol. The van der Waals surface area contributed by atoms with E-state index in [2.05, 4.69) is 66.1 Å². The van der Waals surface area contributed by atoms with Crippen LogP contribution in [0.5, 0.6) is 17.2 Å². The van der Waals surface area contributed by atoms with Crippen molar-refractivity contribution in [2.75, 3.05) is 14.2 Å². The molecule has 0 radical (unpaired) electrons. The van der Waals surface area contributed by atoms with Gasteiger partial charge in [0.15, 0.2) is 0 Å². The molecule has 5 nitrogen and oxygen atoms in total. The van der Waals surface area contributed by atoms with Gasteiger partial charge in [0.05, 0.1) is 35.7 Å². The second-order valence-electron chi connectivity index (χ2n) is 11.3. The van der Waals surface area contributed by atoms with Crippen LogP contribution in [0.2, 0.25) is 0 Å².